The van der Waals surface area contributed by atoms with Gasteiger partial charge in [0.05, 0.1) is 0 Å². The molecule has 0 saturated heterocycles. The summed E-state index contributed by atoms with van der Waals surface area (Å²) in [6, 6.07) is 6.80. The summed E-state index contributed by atoms with van der Waals surface area (Å²) in [6.45, 7) is 0. The van der Waals surface area contributed by atoms with E-state index in [9.17, 15) is 9.59 Å². The van der Waals surface area contributed by atoms with Crippen LogP contribution in [0.15, 0.2) is 41.5 Å². The van der Waals surface area contributed by atoms with Crippen molar-refractivity contribution in [1.82, 2.24) is 9.97 Å². The first kappa shape index (κ1) is 10.9. The first-order valence-electron chi connectivity index (χ1n) is 4.80. The fourth-order valence-electron chi connectivity index (χ4n) is 1.40. The Labute approximate surface area is 96.0 Å². The van der Waals surface area contributed by atoms with Crippen molar-refractivity contribution in [2.45, 2.75) is 0 Å². The lowest BCUT2D eigenvalue weighted by molar-refractivity contribution is 0.210. The average molecular weight is 231 g/mol. The van der Waals surface area contributed by atoms with Gasteiger partial charge < -0.3 is 10.1 Å². The summed E-state index contributed by atoms with van der Waals surface area (Å²) in [5.41, 5.74) is 1.51. The summed E-state index contributed by atoms with van der Waals surface area (Å²) in [7, 11) is 0. The van der Waals surface area contributed by atoms with Crippen LogP contribution in [-0.2, 0) is 0 Å². The molecule has 0 unspecified atom stereocenters. The molecule has 0 aliphatic rings. The van der Waals surface area contributed by atoms with Gasteiger partial charge in [0.15, 0.2) is 0 Å². The summed E-state index contributed by atoms with van der Waals surface area (Å²) < 4.78 is 0. The number of benzene rings is 1. The molecule has 1 aromatic carbocycles. The van der Waals surface area contributed by atoms with Crippen LogP contribution in [0.1, 0.15) is 0 Å². The Balaban J connectivity index is 2.35. The SMILES string of the molecule is O=C(O)Nc1cccc(-c2cnc(=O)[nH]c2)c1. The van der Waals surface area contributed by atoms with Crippen LogP contribution in [0.25, 0.3) is 11.1 Å². The van der Waals surface area contributed by atoms with Gasteiger partial charge in [0.2, 0.25) is 0 Å². The molecule has 3 N–H and O–H groups in total. The third-order valence-electron chi connectivity index (χ3n) is 2.12. The molecule has 0 radical (unpaired) electrons. The normalized spacial score (nSPS) is 9.88. The van der Waals surface area contributed by atoms with Crippen LogP contribution in [0.3, 0.4) is 0 Å². The number of anilines is 1. The van der Waals surface area contributed by atoms with Gasteiger partial charge >= 0.3 is 11.8 Å². The summed E-state index contributed by atoms with van der Waals surface area (Å²) in [5, 5.41) is 10.8. The summed E-state index contributed by atoms with van der Waals surface area (Å²) in [4.78, 5) is 27.4. The van der Waals surface area contributed by atoms with Gasteiger partial charge in [0.25, 0.3) is 0 Å². The molecule has 0 aliphatic heterocycles. The zero-order valence-electron chi connectivity index (χ0n) is 8.68. The quantitative estimate of drug-likeness (QED) is 0.730. The van der Waals surface area contributed by atoms with E-state index in [1.807, 2.05) is 0 Å². The van der Waals surface area contributed by atoms with Gasteiger partial charge in [-0.3, -0.25) is 5.32 Å². The van der Waals surface area contributed by atoms with Crippen molar-refractivity contribution >= 4 is 11.8 Å². The van der Waals surface area contributed by atoms with Crippen molar-refractivity contribution in [2.24, 2.45) is 0 Å². The zero-order chi connectivity index (χ0) is 12.3. The standard InChI is InChI=1S/C11H9N3O3/c15-10-12-5-8(6-13-10)7-2-1-3-9(4-7)14-11(16)17/h1-6,14H,(H,16,17)(H,12,13,15). The molecule has 2 aromatic rings. The van der Waals surface area contributed by atoms with Crippen molar-refractivity contribution in [3.05, 3.63) is 47.1 Å². The minimum atomic E-state index is -1.12. The molecule has 1 heterocycles. The van der Waals surface area contributed by atoms with E-state index in [1.54, 1.807) is 24.3 Å². The molecule has 0 fully saturated rings. The zero-order valence-corrected chi connectivity index (χ0v) is 8.68. The molecule has 17 heavy (non-hydrogen) atoms. The molecule has 0 bridgehead atoms. The monoisotopic (exact) mass is 231 g/mol. The highest BCUT2D eigenvalue weighted by atomic mass is 16.4. The van der Waals surface area contributed by atoms with Gasteiger partial charge in [-0.05, 0) is 17.7 Å². The molecule has 1 amide bonds. The topological polar surface area (TPSA) is 95.1 Å². The third-order valence-corrected chi connectivity index (χ3v) is 2.12. The average Bonchev–Trinajstić information content (AvgIpc) is 2.29. The van der Waals surface area contributed by atoms with Crippen LogP contribution >= 0.6 is 0 Å². The maximum atomic E-state index is 10.8. The van der Waals surface area contributed by atoms with Gasteiger partial charge in [-0.25, -0.2) is 14.6 Å². The molecule has 6 nitrogen and oxygen atoms in total. The summed E-state index contributed by atoms with van der Waals surface area (Å²) in [6.07, 6.45) is 1.83. The van der Waals surface area contributed by atoms with E-state index < -0.39 is 11.8 Å². The lowest BCUT2D eigenvalue weighted by Gasteiger charge is -2.04. The van der Waals surface area contributed by atoms with E-state index in [4.69, 9.17) is 5.11 Å². The molecule has 0 atom stereocenters. The largest absolute Gasteiger partial charge is 0.465 e. The predicted molar refractivity (Wildman–Crippen MR) is 61.9 cm³/mol. The number of aromatic amines is 1. The molecule has 86 valence electrons. The number of nitrogens with one attached hydrogen (secondary N) is 2. The minimum absolute atomic E-state index is 0.423. The molecular formula is C11H9N3O3. The second-order valence-corrected chi connectivity index (χ2v) is 3.32. The Kier molecular flexibility index (Phi) is 2.87. The number of nitrogens with zero attached hydrogens (tertiary/aromatic N) is 1. The maximum absolute atomic E-state index is 10.8. The van der Waals surface area contributed by atoms with Crippen LogP contribution in [0.5, 0.6) is 0 Å². The fourth-order valence-corrected chi connectivity index (χ4v) is 1.40. The van der Waals surface area contributed by atoms with Gasteiger partial charge in [-0.2, -0.15) is 0 Å². The third kappa shape index (κ3) is 2.69. The van der Waals surface area contributed by atoms with Crippen LogP contribution in [0.4, 0.5) is 10.5 Å². The number of hydrogen-bond donors (Lipinski definition) is 3. The highest BCUT2D eigenvalue weighted by molar-refractivity contribution is 5.84. The Morgan fingerprint density at radius 2 is 2.18 bits per heavy atom. The maximum Gasteiger partial charge on any atom is 0.409 e. The van der Waals surface area contributed by atoms with Crippen LogP contribution in [-0.4, -0.2) is 21.2 Å². The van der Waals surface area contributed by atoms with Crippen molar-refractivity contribution in [2.75, 3.05) is 5.32 Å². The smallest absolute Gasteiger partial charge is 0.409 e. The fraction of sp³-hybridized carbons (Fsp3) is 0. The van der Waals surface area contributed by atoms with Crippen molar-refractivity contribution in [3.63, 3.8) is 0 Å². The van der Waals surface area contributed by atoms with Crippen LogP contribution in [0.2, 0.25) is 0 Å². The number of carbonyl (C=O) groups is 1. The van der Waals surface area contributed by atoms with E-state index >= 15 is 0 Å². The van der Waals surface area contributed by atoms with Gasteiger partial charge in [0.1, 0.15) is 0 Å². The Morgan fingerprint density at radius 1 is 1.35 bits per heavy atom. The van der Waals surface area contributed by atoms with E-state index in [1.165, 1.54) is 12.4 Å². The van der Waals surface area contributed by atoms with Crippen molar-refractivity contribution in [1.29, 1.82) is 0 Å². The van der Waals surface area contributed by atoms with E-state index in [0.29, 0.717) is 11.3 Å². The lowest BCUT2D eigenvalue weighted by Crippen LogP contribution is -2.08. The molecule has 6 heteroatoms. The van der Waals surface area contributed by atoms with Gasteiger partial charge in [0, 0.05) is 23.6 Å². The number of amides is 1. The number of aromatic nitrogens is 2. The Bertz CT molecular complexity index is 586. The Hall–Kier alpha value is -2.63. The number of H-pyrrole nitrogens is 1. The lowest BCUT2D eigenvalue weighted by atomic mass is 10.1. The molecule has 2 rings (SSSR count). The molecule has 1 aromatic heterocycles. The van der Waals surface area contributed by atoms with E-state index in [0.717, 1.165) is 5.56 Å². The number of carboxylic acid groups (broad SMARTS) is 1. The second-order valence-electron chi connectivity index (χ2n) is 3.32. The first-order chi connectivity index (χ1) is 8.15. The first-order valence-corrected chi connectivity index (χ1v) is 4.80. The molecular weight excluding hydrogens is 222 g/mol. The number of hydrogen-bond acceptors (Lipinski definition) is 3. The highest BCUT2D eigenvalue weighted by Gasteiger charge is 2.02. The molecule has 0 aliphatic carbocycles. The molecule has 0 spiro atoms. The Morgan fingerprint density at radius 3 is 2.82 bits per heavy atom. The predicted octanol–water partition coefficient (Wildman–Crippen LogP) is 1.53. The van der Waals surface area contributed by atoms with Crippen molar-refractivity contribution < 1.29 is 9.90 Å². The van der Waals surface area contributed by atoms with Gasteiger partial charge in [-0.1, -0.05) is 12.1 Å². The van der Waals surface area contributed by atoms with E-state index in [-0.39, 0.29) is 0 Å². The number of rotatable bonds is 2. The van der Waals surface area contributed by atoms with E-state index in [2.05, 4.69) is 15.3 Å². The van der Waals surface area contributed by atoms with Crippen LogP contribution in [0, 0.1) is 0 Å². The van der Waals surface area contributed by atoms with Crippen LogP contribution < -0.4 is 11.0 Å². The summed E-state index contributed by atoms with van der Waals surface area (Å²) in [5.74, 6) is 0. The second kappa shape index (κ2) is 4.48. The van der Waals surface area contributed by atoms with Crippen molar-refractivity contribution in [3.8, 4) is 11.1 Å². The molecule has 0 saturated carbocycles. The summed E-state index contributed by atoms with van der Waals surface area (Å²) >= 11 is 0. The highest BCUT2D eigenvalue weighted by Crippen LogP contribution is 2.20. The minimum Gasteiger partial charge on any atom is -0.465 e. The van der Waals surface area contributed by atoms with Gasteiger partial charge in [-0.15, -0.1) is 0 Å².